The average Bonchev–Trinajstić information content (AvgIpc) is 3.23. The van der Waals surface area contributed by atoms with E-state index in [2.05, 4.69) is 32.2 Å². The highest BCUT2D eigenvalue weighted by Crippen LogP contribution is 2.47. The quantitative estimate of drug-likeness (QED) is 0.259. The molecule has 4 aromatic rings. The van der Waals surface area contributed by atoms with Crippen molar-refractivity contribution in [1.29, 1.82) is 0 Å². The highest BCUT2D eigenvalue weighted by Gasteiger charge is 2.51. The van der Waals surface area contributed by atoms with Crippen molar-refractivity contribution in [2.24, 2.45) is 5.92 Å². The number of benzene rings is 1. The lowest BCUT2D eigenvalue weighted by Crippen LogP contribution is -2.49. The van der Waals surface area contributed by atoms with E-state index >= 15 is 0 Å². The third-order valence-electron chi connectivity index (χ3n) is 8.39. The summed E-state index contributed by atoms with van der Waals surface area (Å²) in [5.74, 6) is 1.20. The number of imidazole rings is 1. The van der Waals surface area contributed by atoms with Crippen molar-refractivity contribution in [1.82, 2.24) is 34.5 Å². The summed E-state index contributed by atoms with van der Waals surface area (Å²) in [6.07, 6.45) is 1.90. The van der Waals surface area contributed by atoms with Crippen LogP contribution in [0.1, 0.15) is 37.4 Å². The van der Waals surface area contributed by atoms with Gasteiger partial charge in [-0.2, -0.15) is 18.3 Å². The van der Waals surface area contributed by atoms with Crippen LogP contribution in [0.15, 0.2) is 42.9 Å². The standard InChI is InChI=1S/C29H34F4N8/c1-18-10-24-25(12-23(18)21-14-35-41(15-21)16-22-13-28(22,3)30)37-27(36-24)38-26-11-20(4-5-34-26)19(2)40-8-6-39(7-9-40)17-29(31,32)33/h4-5,10-12,14-15,19,22H,6-9,13,16-17H2,1-3H3,(H2,34,36,37,38). The van der Waals surface area contributed by atoms with Gasteiger partial charge in [-0.25, -0.2) is 14.4 Å². The van der Waals surface area contributed by atoms with Crippen LogP contribution in [0.2, 0.25) is 0 Å². The molecule has 1 aromatic carbocycles. The van der Waals surface area contributed by atoms with Crippen molar-refractivity contribution in [3.63, 3.8) is 0 Å². The van der Waals surface area contributed by atoms with E-state index < -0.39 is 18.4 Å². The first kappa shape index (κ1) is 27.6. The summed E-state index contributed by atoms with van der Waals surface area (Å²) in [6, 6.07) is 7.99. The number of alkyl halides is 4. The van der Waals surface area contributed by atoms with Crippen molar-refractivity contribution in [2.75, 3.05) is 38.0 Å². The van der Waals surface area contributed by atoms with Crippen LogP contribution >= 0.6 is 0 Å². The molecule has 4 heterocycles. The summed E-state index contributed by atoms with van der Waals surface area (Å²) in [4.78, 5) is 16.1. The van der Waals surface area contributed by atoms with E-state index in [0.29, 0.717) is 50.9 Å². The summed E-state index contributed by atoms with van der Waals surface area (Å²) in [5.41, 5.74) is 4.67. The fraction of sp³-hybridized carbons (Fsp3) is 0.483. The van der Waals surface area contributed by atoms with E-state index in [9.17, 15) is 17.6 Å². The van der Waals surface area contributed by atoms with Gasteiger partial charge in [-0.3, -0.25) is 14.5 Å². The molecule has 0 radical (unpaired) electrons. The predicted octanol–water partition coefficient (Wildman–Crippen LogP) is 5.86. The average molecular weight is 571 g/mol. The van der Waals surface area contributed by atoms with Gasteiger partial charge in [-0.15, -0.1) is 0 Å². The van der Waals surface area contributed by atoms with Crippen molar-refractivity contribution in [2.45, 2.75) is 51.6 Å². The van der Waals surface area contributed by atoms with E-state index in [0.717, 1.165) is 33.3 Å². The molecular formula is C29H34F4N8. The predicted molar refractivity (Wildman–Crippen MR) is 150 cm³/mol. The minimum absolute atomic E-state index is 0.0161. The maximum atomic E-state index is 14.0. The molecule has 2 N–H and O–H groups in total. The van der Waals surface area contributed by atoms with Gasteiger partial charge in [0.15, 0.2) is 0 Å². The van der Waals surface area contributed by atoms with Crippen LogP contribution < -0.4 is 5.32 Å². The zero-order chi connectivity index (χ0) is 28.9. The second-order valence-corrected chi connectivity index (χ2v) is 11.6. The van der Waals surface area contributed by atoms with E-state index in [1.165, 1.54) is 4.90 Å². The van der Waals surface area contributed by atoms with Crippen LogP contribution in [-0.4, -0.2) is 79.1 Å². The molecule has 1 saturated heterocycles. The van der Waals surface area contributed by atoms with Gasteiger partial charge in [0.05, 0.1) is 23.8 Å². The van der Waals surface area contributed by atoms with Crippen LogP contribution in [0.3, 0.4) is 0 Å². The molecule has 3 atom stereocenters. The number of H-pyrrole nitrogens is 1. The smallest absolute Gasteiger partial charge is 0.324 e. The van der Waals surface area contributed by atoms with Crippen molar-refractivity contribution in [3.05, 3.63) is 54.0 Å². The molecule has 2 fully saturated rings. The maximum Gasteiger partial charge on any atom is 0.401 e. The van der Waals surface area contributed by atoms with Gasteiger partial charge in [-0.1, -0.05) is 0 Å². The van der Waals surface area contributed by atoms with E-state index in [1.54, 1.807) is 13.1 Å². The van der Waals surface area contributed by atoms with Gasteiger partial charge in [0, 0.05) is 62.6 Å². The third kappa shape index (κ3) is 6.23. The molecule has 2 aliphatic rings. The summed E-state index contributed by atoms with van der Waals surface area (Å²) < 4.78 is 54.0. The molecule has 12 heteroatoms. The van der Waals surface area contributed by atoms with Gasteiger partial charge in [-0.05, 0) is 68.1 Å². The Morgan fingerprint density at radius 1 is 1.17 bits per heavy atom. The molecule has 1 aliphatic carbocycles. The molecule has 0 bridgehead atoms. The Balaban J connectivity index is 1.13. The fourth-order valence-corrected chi connectivity index (χ4v) is 5.71. The lowest BCUT2D eigenvalue weighted by Gasteiger charge is -2.38. The van der Waals surface area contributed by atoms with Crippen molar-refractivity contribution in [3.8, 4) is 11.1 Å². The Labute approximate surface area is 235 Å². The number of rotatable bonds is 8. The van der Waals surface area contributed by atoms with Crippen LogP contribution in [0.25, 0.3) is 22.2 Å². The lowest BCUT2D eigenvalue weighted by molar-refractivity contribution is -0.149. The number of nitrogens with one attached hydrogen (secondary N) is 2. The van der Waals surface area contributed by atoms with Gasteiger partial charge >= 0.3 is 6.18 Å². The number of piperazine rings is 1. The van der Waals surface area contributed by atoms with E-state index in [-0.39, 0.29) is 12.0 Å². The van der Waals surface area contributed by atoms with Crippen molar-refractivity contribution >= 4 is 22.8 Å². The summed E-state index contributed by atoms with van der Waals surface area (Å²) in [6.45, 7) is 7.37. The molecule has 218 valence electrons. The summed E-state index contributed by atoms with van der Waals surface area (Å²) >= 11 is 0. The Bertz CT molecular complexity index is 1530. The van der Waals surface area contributed by atoms with Crippen LogP contribution in [0, 0.1) is 12.8 Å². The minimum Gasteiger partial charge on any atom is -0.324 e. The molecule has 1 aliphatic heterocycles. The van der Waals surface area contributed by atoms with E-state index in [1.807, 2.05) is 48.3 Å². The maximum absolute atomic E-state index is 14.0. The van der Waals surface area contributed by atoms with Gasteiger partial charge in [0.2, 0.25) is 5.95 Å². The molecule has 0 spiro atoms. The van der Waals surface area contributed by atoms with Crippen molar-refractivity contribution < 1.29 is 17.6 Å². The monoisotopic (exact) mass is 570 g/mol. The zero-order valence-electron chi connectivity index (χ0n) is 23.3. The van der Waals surface area contributed by atoms with Gasteiger partial charge in [0.1, 0.15) is 11.5 Å². The second-order valence-electron chi connectivity index (χ2n) is 11.6. The molecule has 0 amide bonds. The topological polar surface area (TPSA) is 77.9 Å². The molecule has 41 heavy (non-hydrogen) atoms. The van der Waals surface area contributed by atoms with Gasteiger partial charge in [0.25, 0.3) is 0 Å². The number of nitrogens with zero attached hydrogens (tertiary/aromatic N) is 6. The first-order chi connectivity index (χ1) is 19.4. The lowest BCUT2D eigenvalue weighted by atomic mass is 10.0. The number of pyridine rings is 1. The molecule has 8 nitrogen and oxygen atoms in total. The highest BCUT2D eigenvalue weighted by molar-refractivity contribution is 5.85. The Morgan fingerprint density at radius 3 is 2.63 bits per heavy atom. The molecule has 6 rings (SSSR count). The van der Waals surface area contributed by atoms with Crippen LogP contribution in [0.5, 0.6) is 0 Å². The Hall–Kier alpha value is -3.51. The zero-order valence-corrected chi connectivity index (χ0v) is 23.3. The largest absolute Gasteiger partial charge is 0.401 e. The number of halogens is 4. The highest BCUT2D eigenvalue weighted by atomic mass is 19.4. The minimum atomic E-state index is -4.17. The molecule has 3 unspecified atom stereocenters. The number of aromatic nitrogens is 5. The van der Waals surface area contributed by atoms with Gasteiger partial charge < -0.3 is 10.3 Å². The number of aromatic amines is 1. The number of hydrogen-bond acceptors (Lipinski definition) is 6. The normalized spacial score (nSPS) is 22.8. The second kappa shape index (κ2) is 10.4. The summed E-state index contributed by atoms with van der Waals surface area (Å²) in [7, 11) is 0. The van der Waals surface area contributed by atoms with E-state index in [4.69, 9.17) is 4.98 Å². The molecule has 1 saturated carbocycles. The van der Waals surface area contributed by atoms with Crippen LogP contribution in [-0.2, 0) is 6.54 Å². The summed E-state index contributed by atoms with van der Waals surface area (Å²) in [5, 5.41) is 7.71. The fourth-order valence-electron chi connectivity index (χ4n) is 5.71. The SMILES string of the molecule is Cc1cc2[nH]c(Nc3cc(C(C)N4CCN(CC(F)(F)F)CC4)ccn3)nc2cc1-c1cnn(CC2CC2(C)F)c1. The first-order valence-electron chi connectivity index (χ1n) is 13.9. The Kier molecular flexibility index (Phi) is 7.01. The number of aryl methyl sites for hydroxylation is 1. The number of anilines is 2. The molecule has 3 aromatic heterocycles. The first-order valence-corrected chi connectivity index (χ1v) is 13.9. The number of fused-ring (bicyclic) bond motifs is 1. The molecular weight excluding hydrogens is 536 g/mol. The third-order valence-corrected chi connectivity index (χ3v) is 8.39. The van der Waals surface area contributed by atoms with Crippen LogP contribution in [0.4, 0.5) is 29.3 Å². The number of hydrogen-bond donors (Lipinski definition) is 2. The Morgan fingerprint density at radius 2 is 1.93 bits per heavy atom.